The van der Waals surface area contributed by atoms with Gasteiger partial charge >= 0.3 is 5.97 Å². The van der Waals surface area contributed by atoms with Crippen LogP contribution in [0.25, 0.3) is 0 Å². The molecule has 3 aromatic rings. The molecule has 0 saturated heterocycles. The normalized spacial score (nSPS) is 10.9. The Morgan fingerprint density at radius 2 is 1.73 bits per heavy atom. The van der Waals surface area contributed by atoms with E-state index in [4.69, 9.17) is 4.74 Å². The van der Waals surface area contributed by atoms with Crippen LogP contribution >= 0.6 is 0 Å². The first-order valence-corrected chi connectivity index (χ1v) is 9.91. The van der Waals surface area contributed by atoms with E-state index < -0.39 is 5.97 Å². The number of methoxy groups -OCH3 is 1. The summed E-state index contributed by atoms with van der Waals surface area (Å²) in [6.07, 6.45) is 0.764. The van der Waals surface area contributed by atoms with Gasteiger partial charge < -0.3 is 19.7 Å². The Hall–Kier alpha value is -3.12. The first-order chi connectivity index (χ1) is 14.4. The van der Waals surface area contributed by atoms with Crippen molar-refractivity contribution in [1.29, 1.82) is 0 Å². The molecule has 0 unspecified atom stereocenters. The van der Waals surface area contributed by atoms with Gasteiger partial charge in [0.05, 0.1) is 19.2 Å². The van der Waals surface area contributed by atoms with Gasteiger partial charge in [-0.2, -0.15) is 0 Å². The van der Waals surface area contributed by atoms with Gasteiger partial charge in [0.25, 0.3) is 0 Å². The van der Waals surface area contributed by atoms with Crippen LogP contribution in [0.1, 0.15) is 38.4 Å². The summed E-state index contributed by atoms with van der Waals surface area (Å²) in [6, 6.07) is 14.4. The van der Waals surface area contributed by atoms with Gasteiger partial charge in [-0.1, -0.05) is 36.4 Å². The Bertz CT molecular complexity index is 1040. The molecule has 0 radical (unpaired) electrons. The van der Waals surface area contributed by atoms with Crippen LogP contribution in [0.15, 0.2) is 48.5 Å². The van der Waals surface area contributed by atoms with Gasteiger partial charge in [-0.15, -0.1) is 0 Å². The number of nitrogens with zero attached hydrogens (tertiary/aromatic N) is 1. The number of nitrogens with one attached hydrogen (secondary N) is 1. The summed E-state index contributed by atoms with van der Waals surface area (Å²) in [5, 5.41) is 13.1. The number of carbonyl (C=O) groups is 1. The highest BCUT2D eigenvalue weighted by molar-refractivity contribution is 5.91. The minimum Gasteiger partial charge on any atom is -0.496 e. The van der Waals surface area contributed by atoms with Gasteiger partial charge in [0, 0.05) is 29.1 Å². The van der Waals surface area contributed by atoms with Crippen molar-refractivity contribution >= 4 is 5.97 Å². The zero-order valence-corrected chi connectivity index (χ0v) is 17.5. The van der Waals surface area contributed by atoms with E-state index in [0.29, 0.717) is 30.9 Å². The SMILES string of the molecule is COc1ccccc1CCNCc1c(C(=O)O)c(C)n(Cc2ccccc2F)c1C. The lowest BCUT2D eigenvalue weighted by Gasteiger charge is -2.11. The Morgan fingerprint density at radius 1 is 1.07 bits per heavy atom. The zero-order chi connectivity index (χ0) is 21.7. The molecule has 1 heterocycles. The summed E-state index contributed by atoms with van der Waals surface area (Å²) in [5.74, 6) is -0.420. The summed E-state index contributed by atoms with van der Waals surface area (Å²) in [7, 11) is 1.65. The van der Waals surface area contributed by atoms with E-state index in [-0.39, 0.29) is 11.4 Å². The van der Waals surface area contributed by atoms with Crippen LogP contribution in [0.3, 0.4) is 0 Å². The van der Waals surface area contributed by atoms with E-state index in [9.17, 15) is 14.3 Å². The second kappa shape index (κ2) is 9.59. The van der Waals surface area contributed by atoms with E-state index in [1.165, 1.54) is 6.07 Å². The van der Waals surface area contributed by atoms with Crippen LogP contribution in [-0.4, -0.2) is 29.3 Å². The molecule has 1 aromatic heterocycles. The van der Waals surface area contributed by atoms with Crippen LogP contribution in [0.2, 0.25) is 0 Å². The first-order valence-electron chi connectivity index (χ1n) is 9.91. The fourth-order valence-electron chi connectivity index (χ4n) is 3.83. The number of carboxylic acid groups (broad SMARTS) is 1. The van der Waals surface area contributed by atoms with Crippen molar-refractivity contribution in [2.75, 3.05) is 13.7 Å². The second-order valence-electron chi connectivity index (χ2n) is 7.25. The predicted molar refractivity (Wildman–Crippen MR) is 115 cm³/mol. The minimum atomic E-state index is -0.968. The van der Waals surface area contributed by atoms with Crippen LogP contribution in [-0.2, 0) is 19.5 Å². The molecule has 2 N–H and O–H groups in total. The molecule has 30 heavy (non-hydrogen) atoms. The number of aromatic carboxylic acids is 1. The molecule has 158 valence electrons. The number of ether oxygens (including phenoxy) is 1. The Balaban J connectivity index is 1.77. The van der Waals surface area contributed by atoms with Gasteiger partial charge in [0.15, 0.2) is 0 Å². The third-order valence-electron chi connectivity index (χ3n) is 5.48. The molecule has 0 aliphatic carbocycles. The van der Waals surface area contributed by atoms with Crippen LogP contribution in [0.5, 0.6) is 5.75 Å². The number of hydrogen-bond donors (Lipinski definition) is 2. The number of rotatable bonds is 9. The third-order valence-corrected chi connectivity index (χ3v) is 5.48. The maximum Gasteiger partial charge on any atom is 0.337 e. The van der Waals surface area contributed by atoms with Crippen molar-refractivity contribution in [3.05, 3.63) is 88.0 Å². The summed E-state index contributed by atoms with van der Waals surface area (Å²) < 4.78 is 21.4. The van der Waals surface area contributed by atoms with Crippen LogP contribution in [0, 0.1) is 19.7 Å². The van der Waals surface area contributed by atoms with E-state index in [2.05, 4.69) is 5.32 Å². The molecular formula is C24H27FN2O3. The molecule has 0 atom stereocenters. The van der Waals surface area contributed by atoms with E-state index in [0.717, 1.165) is 29.0 Å². The molecule has 0 amide bonds. The highest BCUT2D eigenvalue weighted by Crippen LogP contribution is 2.25. The lowest BCUT2D eigenvalue weighted by atomic mass is 10.1. The molecule has 0 aliphatic rings. The third kappa shape index (κ3) is 4.54. The number of aromatic nitrogens is 1. The molecule has 0 fully saturated rings. The van der Waals surface area contributed by atoms with Crippen molar-refractivity contribution in [2.24, 2.45) is 0 Å². The molecule has 0 spiro atoms. The first kappa shape index (κ1) is 21.6. The number of para-hydroxylation sites is 1. The van der Waals surface area contributed by atoms with Gasteiger partial charge in [-0.25, -0.2) is 9.18 Å². The molecule has 6 heteroatoms. The Kier molecular flexibility index (Phi) is 6.90. The van der Waals surface area contributed by atoms with Gasteiger partial charge in [0.2, 0.25) is 0 Å². The lowest BCUT2D eigenvalue weighted by Crippen LogP contribution is -2.19. The van der Waals surface area contributed by atoms with Crippen molar-refractivity contribution in [3.63, 3.8) is 0 Å². The number of carboxylic acids is 1. The average Bonchev–Trinajstić information content (AvgIpc) is 2.97. The topological polar surface area (TPSA) is 63.5 Å². The number of benzene rings is 2. The molecule has 2 aromatic carbocycles. The second-order valence-corrected chi connectivity index (χ2v) is 7.25. The smallest absolute Gasteiger partial charge is 0.337 e. The standard InChI is InChI=1S/C24H27FN2O3/c1-16-20(14-26-13-12-18-8-5-7-11-22(18)30-3)23(24(28)29)17(2)27(16)15-19-9-4-6-10-21(19)25/h4-11,26H,12-15H2,1-3H3,(H,28,29). The summed E-state index contributed by atoms with van der Waals surface area (Å²) in [4.78, 5) is 11.9. The molecule has 5 nitrogen and oxygen atoms in total. The van der Waals surface area contributed by atoms with Crippen LogP contribution in [0.4, 0.5) is 4.39 Å². The largest absolute Gasteiger partial charge is 0.496 e. The monoisotopic (exact) mass is 410 g/mol. The fraction of sp³-hybridized carbons (Fsp3) is 0.292. The average molecular weight is 410 g/mol. The fourth-order valence-corrected chi connectivity index (χ4v) is 3.83. The quantitative estimate of drug-likeness (QED) is 0.516. The van der Waals surface area contributed by atoms with Crippen molar-refractivity contribution in [1.82, 2.24) is 9.88 Å². The number of halogens is 1. The van der Waals surface area contributed by atoms with Gasteiger partial charge in [-0.3, -0.25) is 0 Å². The van der Waals surface area contributed by atoms with E-state index >= 15 is 0 Å². The molecule has 0 bridgehead atoms. The van der Waals surface area contributed by atoms with Crippen molar-refractivity contribution < 1.29 is 19.0 Å². The lowest BCUT2D eigenvalue weighted by molar-refractivity contribution is 0.0694. The van der Waals surface area contributed by atoms with Gasteiger partial charge in [-0.05, 0) is 44.5 Å². The molecule has 3 rings (SSSR count). The van der Waals surface area contributed by atoms with E-state index in [1.807, 2.05) is 35.8 Å². The summed E-state index contributed by atoms with van der Waals surface area (Å²) in [5.41, 5.74) is 4.11. The molecule has 0 saturated carbocycles. The summed E-state index contributed by atoms with van der Waals surface area (Å²) in [6.45, 7) is 5.06. The Labute approximate surface area is 176 Å². The van der Waals surface area contributed by atoms with Gasteiger partial charge in [0.1, 0.15) is 11.6 Å². The number of hydrogen-bond acceptors (Lipinski definition) is 3. The van der Waals surface area contributed by atoms with E-state index in [1.54, 1.807) is 32.2 Å². The van der Waals surface area contributed by atoms with Crippen molar-refractivity contribution in [2.45, 2.75) is 33.4 Å². The van der Waals surface area contributed by atoms with Crippen molar-refractivity contribution in [3.8, 4) is 5.75 Å². The molecule has 0 aliphatic heterocycles. The summed E-state index contributed by atoms with van der Waals surface area (Å²) >= 11 is 0. The highest BCUT2D eigenvalue weighted by atomic mass is 19.1. The molecular weight excluding hydrogens is 383 g/mol. The maximum absolute atomic E-state index is 14.1. The maximum atomic E-state index is 14.1. The highest BCUT2D eigenvalue weighted by Gasteiger charge is 2.22. The minimum absolute atomic E-state index is 0.286. The zero-order valence-electron chi connectivity index (χ0n) is 17.5. The Morgan fingerprint density at radius 3 is 2.40 bits per heavy atom. The predicted octanol–water partition coefficient (Wildman–Crippen LogP) is 4.33. The van der Waals surface area contributed by atoms with Crippen LogP contribution < -0.4 is 10.1 Å².